The van der Waals surface area contributed by atoms with Crippen LogP contribution >= 0.6 is 30.4 Å². The highest BCUT2D eigenvalue weighted by Gasteiger charge is 2.73. The molecule has 2 atom stereocenters. The first-order valence-corrected chi connectivity index (χ1v) is 15.5. The van der Waals surface area contributed by atoms with Crippen LogP contribution in [0.15, 0.2) is 60.7 Å². The summed E-state index contributed by atoms with van der Waals surface area (Å²) in [7, 11) is -23.0. The molecule has 0 aliphatic heterocycles. The van der Waals surface area contributed by atoms with E-state index in [-0.39, 0.29) is 0 Å². The molecule has 16 heteroatoms. The maximum atomic E-state index is 13.0. The molecule has 0 bridgehead atoms. The molecule has 0 saturated heterocycles. The van der Waals surface area contributed by atoms with Crippen LogP contribution < -0.4 is 0 Å². The molecular formula is C16H22O12P4. The topological polar surface area (TPSA) is 230 Å². The Morgan fingerprint density at radius 2 is 0.750 bits per heavy atom. The van der Waals surface area contributed by atoms with Gasteiger partial charge in [-0.1, -0.05) is 60.7 Å². The Kier molecular flexibility index (Phi) is 7.68. The molecule has 2 rings (SSSR count). The number of rotatable bonds is 9. The molecule has 2 aromatic carbocycles. The second-order valence-electron chi connectivity index (χ2n) is 7.19. The Morgan fingerprint density at radius 3 is 0.938 bits per heavy atom. The Hall–Kier alpha value is -0.960. The summed E-state index contributed by atoms with van der Waals surface area (Å²) in [5.41, 5.74) is -1.23. The second-order valence-corrected chi connectivity index (χ2v) is 14.2. The maximum Gasteiger partial charge on any atom is 0.338 e. The molecule has 2 aromatic rings. The predicted octanol–water partition coefficient (Wildman–Crippen LogP) is 1.49. The van der Waals surface area contributed by atoms with Crippen molar-refractivity contribution in [2.45, 2.75) is 10.3 Å². The minimum Gasteiger partial charge on any atom is -0.324 e. The summed E-state index contributed by atoms with van der Waals surface area (Å²) >= 11 is 0. The molecule has 0 amide bonds. The Balaban J connectivity index is 3.29. The lowest BCUT2D eigenvalue weighted by molar-refractivity contribution is 0.246. The highest BCUT2D eigenvalue weighted by Crippen LogP contribution is 2.80. The van der Waals surface area contributed by atoms with Crippen molar-refractivity contribution in [3.05, 3.63) is 71.8 Å². The molecule has 0 spiro atoms. The first kappa shape index (κ1) is 27.3. The van der Waals surface area contributed by atoms with Crippen molar-refractivity contribution in [1.29, 1.82) is 0 Å². The standard InChI is InChI=1S/C16H22O12P4/c17-29(18,19)11-15(31(23,24)25,13-7-3-1-4-8-13)16(32(26,27)28,12-30(20,21)22)14-9-5-2-6-10-14/h1-10H,11-12H2,(H2,17,18,19)(H2,20,21,22)(H2,23,24,25)(H2,26,27,28). The van der Waals surface area contributed by atoms with Gasteiger partial charge in [-0.05, 0) is 11.1 Å². The van der Waals surface area contributed by atoms with Crippen LogP contribution in [0.1, 0.15) is 11.1 Å². The Labute approximate surface area is 182 Å². The molecule has 0 aliphatic carbocycles. The van der Waals surface area contributed by atoms with Crippen LogP contribution in [0.3, 0.4) is 0 Å². The number of hydrogen-bond donors (Lipinski definition) is 8. The van der Waals surface area contributed by atoms with E-state index in [1.54, 1.807) is 0 Å². The summed E-state index contributed by atoms with van der Waals surface area (Å²) in [5, 5.41) is -6.86. The predicted molar refractivity (Wildman–Crippen MR) is 114 cm³/mol. The van der Waals surface area contributed by atoms with Gasteiger partial charge in [0.1, 0.15) is 10.3 Å². The summed E-state index contributed by atoms with van der Waals surface area (Å²) in [6.45, 7) is 0. The highest BCUT2D eigenvalue weighted by molar-refractivity contribution is 7.61. The summed E-state index contributed by atoms with van der Waals surface area (Å²) < 4.78 is 50.4. The van der Waals surface area contributed by atoms with Crippen LogP contribution in [0.2, 0.25) is 0 Å². The van der Waals surface area contributed by atoms with Crippen molar-refractivity contribution >= 4 is 30.4 Å². The van der Waals surface area contributed by atoms with E-state index in [2.05, 4.69) is 0 Å². The third-order valence-corrected chi connectivity index (χ3v) is 11.1. The van der Waals surface area contributed by atoms with Crippen LogP contribution in [0.25, 0.3) is 0 Å². The molecule has 0 aromatic heterocycles. The Morgan fingerprint density at radius 1 is 0.500 bits per heavy atom. The summed E-state index contributed by atoms with van der Waals surface area (Å²) in [5.74, 6) is 0. The summed E-state index contributed by atoms with van der Waals surface area (Å²) in [6.07, 6.45) is -3.62. The van der Waals surface area contributed by atoms with Crippen LogP contribution in [0.5, 0.6) is 0 Å². The molecule has 0 heterocycles. The van der Waals surface area contributed by atoms with E-state index in [0.29, 0.717) is 0 Å². The third kappa shape index (κ3) is 5.24. The molecular weight excluding hydrogens is 508 g/mol. The second kappa shape index (κ2) is 9.01. The summed E-state index contributed by atoms with van der Waals surface area (Å²) in [4.78, 5) is 81.0. The van der Waals surface area contributed by atoms with Gasteiger partial charge >= 0.3 is 30.4 Å². The van der Waals surface area contributed by atoms with Crippen molar-refractivity contribution in [2.24, 2.45) is 0 Å². The number of hydrogen-bond acceptors (Lipinski definition) is 4. The van der Waals surface area contributed by atoms with E-state index >= 15 is 0 Å². The third-order valence-electron chi connectivity index (χ3n) is 5.05. The largest absolute Gasteiger partial charge is 0.338 e. The van der Waals surface area contributed by atoms with Crippen molar-refractivity contribution in [3.63, 3.8) is 0 Å². The van der Waals surface area contributed by atoms with Gasteiger partial charge in [-0.25, -0.2) is 0 Å². The monoisotopic (exact) mass is 530 g/mol. The van der Waals surface area contributed by atoms with Crippen molar-refractivity contribution in [3.8, 4) is 0 Å². The smallest absolute Gasteiger partial charge is 0.324 e. The van der Waals surface area contributed by atoms with Gasteiger partial charge in [0.05, 0.1) is 12.3 Å². The van der Waals surface area contributed by atoms with E-state index in [1.807, 2.05) is 0 Å². The first-order chi connectivity index (χ1) is 14.4. The normalized spacial score (nSPS) is 17.4. The van der Waals surface area contributed by atoms with Crippen molar-refractivity contribution in [2.75, 3.05) is 12.3 Å². The van der Waals surface area contributed by atoms with E-state index in [0.717, 1.165) is 24.3 Å². The first-order valence-electron chi connectivity index (χ1n) is 8.69. The van der Waals surface area contributed by atoms with Crippen LogP contribution in [-0.4, -0.2) is 51.5 Å². The van der Waals surface area contributed by atoms with Crippen LogP contribution in [0.4, 0.5) is 0 Å². The van der Waals surface area contributed by atoms with E-state index in [1.165, 1.54) is 36.4 Å². The van der Waals surface area contributed by atoms with Gasteiger partial charge in [0.2, 0.25) is 0 Å². The fourth-order valence-electron chi connectivity index (χ4n) is 3.95. The van der Waals surface area contributed by atoms with Gasteiger partial charge in [0.25, 0.3) is 0 Å². The molecule has 2 unspecified atom stereocenters. The average Bonchev–Trinajstić information content (AvgIpc) is 2.62. The zero-order valence-corrected chi connectivity index (χ0v) is 19.8. The van der Waals surface area contributed by atoms with Gasteiger partial charge in [-0.2, -0.15) is 0 Å². The zero-order chi connectivity index (χ0) is 24.6. The van der Waals surface area contributed by atoms with Gasteiger partial charge in [0.15, 0.2) is 0 Å². The molecule has 12 nitrogen and oxygen atoms in total. The van der Waals surface area contributed by atoms with E-state index in [4.69, 9.17) is 0 Å². The van der Waals surface area contributed by atoms with E-state index in [9.17, 15) is 57.4 Å². The lowest BCUT2D eigenvalue weighted by atomic mass is 9.81. The van der Waals surface area contributed by atoms with Gasteiger partial charge in [0, 0.05) is 0 Å². The highest BCUT2D eigenvalue weighted by atomic mass is 31.2. The fourth-order valence-corrected chi connectivity index (χ4v) is 12.0. The van der Waals surface area contributed by atoms with Crippen molar-refractivity contribution < 1.29 is 57.4 Å². The van der Waals surface area contributed by atoms with Crippen LogP contribution in [0, 0.1) is 0 Å². The quantitative estimate of drug-likeness (QED) is 0.216. The van der Waals surface area contributed by atoms with Gasteiger partial charge < -0.3 is 39.1 Å². The zero-order valence-electron chi connectivity index (χ0n) is 16.2. The van der Waals surface area contributed by atoms with Crippen LogP contribution in [-0.2, 0) is 28.6 Å². The van der Waals surface area contributed by atoms with E-state index < -0.39 is 64.1 Å². The molecule has 0 fully saturated rings. The van der Waals surface area contributed by atoms with Crippen molar-refractivity contribution in [1.82, 2.24) is 0 Å². The molecule has 178 valence electrons. The maximum absolute atomic E-state index is 13.0. The fraction of sp³-hybridized carbons (Fsp3) is 0.250. The lowest BCUT2D eigenvalue weighted by Crippen LogP contribution is -2.53. The lowest BCUT2D eigenvalue weighted by Gasteiger charge is -2.50. The number of benzene rings is 2. The molecule has 8 N–H and O–H groups in total. The molecule has 32 heavy (non-hydrogen) atoms. The minimum absolute atomic E-state index is 0.614. The van der Waals surface area contributed by atoms with Gasteiger partial charge in [-0.3, -0.25) is 18.3 Å². The Bertz CT molecular complexity index is 1040. The SMILES string of the molecule is O=P(O)(O)CC(c1ccccc1)(C(CP(=O)(O)O)(c1ccccc1)P(=O)(O)O)P(=O)(O)O. The minimum atomic E-state index is -6.02. The average molecular weight is 530 g/mol. The molecule has 0 aliphatic rings. The molecule has 0 saturated carbocycles. The summed E-state index contributed by atoms with van der Waals surface area (Å²) in [6, 6.07) is 11.4. The molecule has 0 radical (unpaired) electrons. The van der Waals surface area contributed by atoms with Gasteiger partial charge in [-0.15, -0.1) is 0 Å².